The van der Waals surface area contributed by atoms with Crippen molar-refractivity contribution in [3.05, 3.63) is 59.7 Å². The van der Waals surface area contributed by atoms with Gasteiger partial charge in [-0.05, 0) is 41.8 Å². The zero-order chi connectivity index (χ0) is 16.4. The van der Waals surface area contributed by atoms with Crippen LogP contribution in [0.3, 0.4) is 0 Å². The Labute approximate surface area is 141 Å². The van der Waals surface area contributed by atoms with E-state index in [1.807, 2.05) is 47.4 Å². The van der Waals surface area contributed by atoms with Crippen LogP contribution in [0.5, 0.6) is 11.5 Å². The third-order valence-corrected chi connectivity index (χ3v) is 4.34. The van der Waals surface area contributed by atoms with Gasteiger partial charge in [0.1, 0.15) is 0 Å². The van der Waals surface area contributed by atoms with E-state index in [0.29, 0.717) is 13.2 Å². The lowest BCUT2D eigenvalue weighted by molar-refractivity contribution is -0.114. The van der Waals surface area contributed by atoms with E-state index in [4.69, 9.17) is 9.47 Å². The fourth-order valence-electron chi connectivity index (χ4n) is 3.11. The standard InChI is InChI=1S/C20H19NO3/c22-20(21-11-10-16-4-1-2-5-17(16)21)9-7-15-6-8-18-19(14-15)24-13-3-12-23-18/h1-2,4-9,14H,3,10-13H2/b9-7+. The summed E-state index contributed by atoms with van der Waals surface area (Å²) in [4.78, 5) is 14.3. The smallest absolute Gasteiger partial charge is 0.251 e. The van der Waals surface area contributed by atoms with Gasteiger partial charge in [-0.15, -0.1) is 0 Å². The number of carbonyl (C=O) groups is 1. The molecule has 0 fully saturated rings. The van der Waals surface area contributed by atoms with E-state index in [1.54, 1.807) is 6.08 Å². The van der Waals surface area contributed by atoms with E-state index in [2.05, 4.69) is 6.07 Å². The van der Waals surface area contributed by atoms with Crippen LogP contribution in [0, 0.1) is 0 Å². The van der Waals surface area contributed by atoms with Gasteiger partial charge in [0, 0.05) is 24.7 Å². The monoisotopic (exact) mass is 321 g/mol. The lowest BCUT2D eigenvalue weighted by atomic mass is 10.1. The van der Waals surface area contributed by atoms with Gasteiger partial charge < -0.3 is 14.4 Å². The molecule has 122 valence electrons. The van der Waals surface area contributed by atoms with E-state index in [1.165, 1.54) is 5.56 Å². The van der Waals surface area contributed by atoms with Gasteiger partial charge in [-0.2, -0.15) is 0 Å². The highest BCUT2D eigenvalue weighted by atomic mass is 16.5. The Morgan fingerprint density at radius 3 is 2.79 bits per heavy atom. The molecule has 2 aliphatic rings. The fraction of sp³-hybridized carbons (Fsp3) is 0.250. The van der Waals surface area contributed by atoms with Crippen LogP contribution in [0.2, 0.25) is 0 Å². The minimum absolute atomic E-state index is 0.00654. The van der Waals surface area contributed by atoms with Gasteiger partial charge in [0.05, 0.1) is 13.2 Å². The van der Waals surface area contributed by atoms with Crippen LogP contribution in [0.25, 0.3) is 6.08 Å². The van der Waals surface area contributed by atoms with Crippen LogP contribution in [0.15, 0.2) is 48.5 Å². The first-order valence-electron chi connectivity index (χ1n) is 8.28. The zero-order valence-electron chi connectivity index (χ0n) is 13.4. The molecule has 0 unspecified atom stereocenters. The first-order valence-corrected chi connectivity index (χ1v) is 8.28. The van der Waals surface area contributed by atoms with Crippen molar-refractivity contribution in [1.29, 1.82) is 0 Å². The lowest BCUT2D eigenvalue weighted by Crippen LogP contribution is -2.26. The van der Waals surface area contributed by atoms with Gasteiger partial charge >= 0.3 is 0 Å². The number of benzene rings is 2. The normalized spacial score (nSPS) is 16.1. The van der Waals surface area contributed by atoms with Crippen LogP contribution in [-0.2, 0) is 11.2 Å². The largest absolute Gasteiger partial charge is 0.490 e. The quantitative estimate of drug-likeness (QED) is 0.795. The molecule has 4 heteroatoms. The zero-order valence-corrected chi connectivity index (χ0v) is 13.4. The van der Waals surface area contributed by atoms with Crippen molar-refractivity contribution >= 4 is 17.7 Å². The summed E-state index contributed by atoms with van der Waals surface area (Å²) in [6, 6.07) is 13.8. The number of para-hydroxylation sites is 1. The minimum atomic E-state index is 0.00654. The highest BCUT2D eigenvalue weighted by Gasteiger charge is 2.22. The van der Waals surface area contributed by atoms with E-state index in [0.717, 1.165) is 42.1 Å². The van der Waals surface area contributed by atoms with Gasteiger partial charge in [-0.1, -0.05) is 24.3 Å². The van der Waals surface area contributed by atoms with Crippen molar-refractivity contribution < 1.29 is 14.3 Å². The summed E-state index contributed by atoms with van der Waals surface area (Å²) in [5.74, 6) is 1.52. The van der Waals surface area contributed by atoms with Crippen molar-refractivity contribution in [2.75, 3.05) is 24.7 Å². The van der Waals surface area contributed by atoms with E-state index in [-0.39, 0.29) is 5.91 Å². The topological polar surface area (TPSA) is 38.8 Å². The molecule has 0 aliphatic carbocycles. The minimum Gasteiger partial charge on any atom is -0.490 e. The van der Waals surface area contributed by atoms with Gasteiger partial charge in [-0.3, -0.25) is 4.79 Å². The molecule has 0 atom stereocenters. The number of carbonyl (C=O) groups excluding carboxylic acids is 1. The molecule has 2 aliphatic heterocycles. The first-order chi connectivity index (χ1) is 11.8. The summed E-state index contributed by atoms with van der Waals surface area (Å²) in [5, 5.41) is 0. The number of fused-ring (bicyclic) bond motifs is 2. The Balaban J connectivity index is 1.51. The predicted octanol–water partition coefficient (Wildman–Crippen LogP) is 3.45. The van der Waals surface area contributed by atoms with Crippen molar-refractivity contribution in [2.24, 2.45) is 0 Å². The molecule has 0 saturated heterocycles. The maximum Gasteiger partial charge on any atom is 0.251 e. The highest BCUT2D eigenvalue weighted by molar-refractivity contribution is 6.05. The van der Waals surface area contributed by atoms with E-state index >= 15 is 0 Å². The number of rotatable bonds is 2. The summed E-state index contributed by atoms with van der Waals surface area (Å²) >= 11 is 0. The number of anilines is 1. The van der Waals surface area contributed by atoms with Gasteiger partial charge in [-0.25, -0.2) is 0 Å². The molecule has 1 amide bonds. The maximum atomic E-state index is 12.5. The molecule has 0 N–H and O–H groups in total. The van der Waals surface area contributed by atoms with Crippen molar-refractivity contribution in [3.8, 4) is 11.5 Å². The second kappa shape index (κ2) is 6.40. The molecule has 2 aromatic rings. The molecular weight excluding hydrogens is 302 g/mol. The molecule has 2 heterocycles. The molecule has 0 radical (unpaired) electrons. The number of hydrogen-bond donors (Lipinski definition) is 0. The van der Waals surface area contributed by atoms with Crippen LogP contribution in [0.1, 0.15) is 17.5 Å². The van der Waals surface area contributed by atoms with E-state index < -0.39 is 0 Å². The third kappa shape index (κ3) is 2.87. The van der Waals surface area contributed by atoms with Gasteiger partial charge in [0.2, 0.25) is 0 Å². The Morgan fingerprint density at radius 1 is 1.04 bits per heavy atom. The third-order valence-electron chi connectivity index (χ3n) is 4.34. The average molecular weight is 321 g/mol. The van der Waals surface area contributed by atoms with Crippen molar-refractivity contribution in [2.45, 2.75) is 12.8 Å². The Bertz CT molecular complexity index is 797. The molecule has 0 bridgehead atoms. The number of hydrogen-bond acceptors (Lipinski definition) is 3. The van der Waals surface area contributed by atoms with Crippen LogP contribution in [0.4, 0.5) is 5.69 Å². The Morgan fingerprint density at radius 2 is 1.88 bits per heavy atom. The molecule has 4 nitrogen and oxygen atoms in total. The Hall–Kier alpha value is -2.75. The fourth-order valence-corrected chi connectivity index (χ4v) is 3.11. The second-order valence-electron chi connectivity index (χ2n) is 5.96. The summed E-state index contributed by atoms with van der Waals surface area (Å²) in [6.07, 6.45) is 5.26. The molecule has 4 rings (SSSR count). The molecule has 24 heavy (non-hydrogen) atoms. The van der Waals surface area contributed by atoms with Crippen LogP contribution < -0.4 is 14.4 Å². The SMILES string of the molecule is O=C(/C=C/c1ccc2c(c1)OCCCO2)N1CCc2ccccc21. The first kappa shape index (κ1) is 14.8. The average Bonchev–Trinajstić information content (AvgIpc) is 2.91. The second-order valence-corrected chi connectivity index (χ2v) is 5.96. The predicted molar refractivity (Wildman–Crippen MR) is 93.6 cm³/mol. The molecule has 0 aromatic heterocycles. The maximum absolute atomic E-state index is 12.5. The Kier molecular flexibility index (Phi) is 3.95. The summed E-state index contributed by atoms with van der Waals surface area (Å²) < 4.78 is 11.3. The van der Waals surface area contributed by atoms with Crippen LogP contribution in [-0.4, -0.2) is 25.7 Å². The molecule has 0 saturated carbocycles. The van der Waals surface area contributed by atoms with E-state index in [9.17, 15) is 4.79 Å². The number of nitrogens with zero attached hydrogens (tertiary/aromatic N) is 1. The molecule has 0 spiro atoms. The highest BCUT2D eigenvalue weighted by Crippen LogP contribution is 2.31. The lowest BCUT2D eigenvalue weighted by Gasteiger charge is -2.14. The summed E-state index contributed by atoms with van der Waals surface area (Å²) in [6.45, 7) is 2.07. The van der Waals surface area contributed by atoms with Gasteiger partial charge in [0.25, 0.3) is 5.91 Å². The summed E-state index contributed by atoms with van der Waals surface area (Å²) in [7, 11) is 0. The summed E-state index contributed by atoms with van der Waals surface area (Å²) in [5.41, 5.74) is 3.18. The molecule has 2 aromatic carbocycles. The van der Waals surface area contributed by atoms with Crippen molar-refractivity contribution in [1.82, 2.24) is 0 Å². The van der Waals surface area contributed by atoms with Crippen LogP contribution >= 0.6 is 0 Å². The van der Waals surface area contributed by atoms with Crippen molar-refractivity contribution in [3.63, 3.8) is 0 Å². The number of amides is 1. The number of ether oxygens (including phenoxy) is 2. The van der Waals surface area contributed by atoms with Gasteiger partial charge in [0.15, 0.2) is 11.5 Å². The molecular formula is C20H19NO3.